The van der Waals surface area contributed by atoms with E-state index >= 15 is 0 Å². The van der Waals surface area contributed by atoms with E-state index in [4.69, 9.17) is 9.15 Å². The van der Waals surface area contributed by atoms with E-state index in [-0.39, 0.29) is 5.41 Å². The van der Waals surface area contributed by atoms with Crippen LogP contribution in [0.1, 0.15) is 44.9 Å². The molecule has 6 heteroatoms. The van der Waals surface area contributed by atoms with Crippen LogP contribution in [0.5, 0.6) is 5.75 Å². The molecule has 6 nitrogen and oxygen atoms in total. The van der Waals surface area contributed by atoms with Crippen LogP contribution in [-0.4, -0.2) is 24.6 Å². The van der Waals surface area contributed by atoms with Gasteiger partial charge in [0, 0.05) is 17.5 Å². The summed E-state index contributed by atoms with van der Waals surface area (Å²) in [4.78, 5) is 8.94. The number of guanidine groups is 1. The van der Waals surface area contributed by atoms with Crippen molar-refractivity contribution in [3.05, 3.63) is 47.7 Å². The van der Waals surface area contributed by atoms with Crippen molar-refractivity contribution in [3.63, 3.8) is 0 Å². The zero-order valence-corrected chi connectivity index (χ0v) is 15.7. The number of benzene rings is 1. The molecule has 0 spiro atoms. The van der Waals surface area contributed by atoms with E-state index < -0.39 is 0 Å². The molecule has 25 heavy (non-hydrogen) atoms. The fourth-order valence-electron chi connectivity index (χ4n) is 2.24. The second-order valence-corrected chi connectivity index (χ2v) is 6.73. The predicted molar refractivity (Wildman–Crippen MR) is 99.9 cm³/mol. The molecule has 0 radical (unpaired) electrons. The first kappa shape index (κ1) is 18.8. The van der Waals surface area contributed by atoms with Crippen molar-refractivity contribution in [1.29, 1.82) is 0 Å². The lowest BCUT2D eigenvalue weighted by molar-refractivity contribution is 0.379. The average Bonchev–Trinajstić information content (AvgIpc) is 3.07. The van der Waals surface area contributed by atoms with Gasteiger partial charge in [-0.2, -0.15) is 0 Å². The minimum absolute atomic E-state index is 0.0479. The van der Waals surface area contributed by atoms with Crippen molar-refractivity contribution in [3.8, 4) is 5.75 Å². The molecule has 0 aliphatic carbocycles. The molecule has 2 aromatic rings. The fraction of sp³-hybridized carbons (Fsp3) is 0.474. The Hall–Kier alpha value is -2.50. The molecule has 0 atom stereocenters. The first-order valence-corrected chi connectivity index (χ1v) is 8.53. The third kappa shape index (κ3) is 5.52. The molecule has 1 aromatic heterocycles. The van der Waals surface area contributed by atoms with E-state index in [1.54, 1.807) is 13.3 Å². The number of aliphatic imine (C=N–C) groups is 1. The Morgan fingerprint density at radius 1 is 1.24 bits per heavy atom. The molecule has 0 bridgehead atoms. The molecule has 0 saturated heterocycles. The van der Waals surface area contributed by atoms with E-state index in [1.807, 2.05) is 31.2 Å². The molecule has 0 aliphatic heterocycles. The van der Waals surface area contributed by atoms with E-state index in [0.29, 0.717) is 24.9 Å². The van der Waals surface area contributed by atoms with Crippen LogP contribution < -0.4 is 15.4 Å². The van der Waals surface area contributed by atoms with Crippen LogP contribution in [0.2, 0.25) is 0 Å². The van der Waals surface area contributed by atoms with Gasteiger partial charge in [-0.05, 0) is 13.0 Å². The zero-order chi connectivity index (χ0) is 18.3. The van der Waals surface area contributed by atoms with Crippen molar-refractivity contribution in [2.75, 3.05) is 13.7 Å². The Morgan fingerprint density at radius 3 is 2.64 bits per heavy atom. The number of methoxy groups -OCH3 is 1. The fourth-order valence-corrected chi connectivity index (χ4v) is 2.24. The molecule has 1 aromatic carbocycles. The highest BCUT2D eigenvalue weighted by molar-refractivity contribution is 5.79. The molecule has 0 amide bonds. The van der Waals surface area contributed by atoms with Gasteiger partial charge in [0.05, 0.1) is 26.4 Å². The molecule has 0 unspecified atom stereocenters. The number of aromatic nitrogens is 1. The first-order chi connectivity index (χ1) is 11.9. The van der Waals surface area contributed by atoms with E-state index in [9.17, 15) is 0 Å². The molecule has 2 rings (SSSR count). The molecule has 0 fully saturated rings. The molecule has 136 valence electrons. The van der Waals surface area contributed by atoms with Crippen molar-refractivity contribution in [1.82, 2.24) is 15.6 Å². The Labute approximate surface area is 149 Å². The molecular weight excluding hydrogens is 316 g/mol. The number of oxazole rings is 1. The molecule has 2 N–H and O–H groups in total. The van der Waals surface area contributed by atoms with Gasteiger partial charge in [-0.1, -0.05) is 39.0 Å². The average molecular weight is 344 g/mol. The summed E-state index contributed by atoms with van der Waals surface area (Å²) in [5.41, 5.74) is 0.988. The quantitative estimate of drug-likeness (QED) is 0.622. The van der Waals surface area contributed by atoms with Crippen LogP contribution in [0.4, 0.5) is 0 Å². The molecule has 0 aliphatic rings. The monoisotopic (exact) mass is 344 g/mol. The van der Waals surface area contributed by atoms with E-state index in [1.165, 1.54) is 0 Å². The maximum absolute atomic E-state index is 5.80. The van der Waals surface area contributed by atoms with Crippen LogP contribution in [0.15, 0.2) is 39.9 Å². The van der Waals surface area contributed by atoms with Gasteiger partial charge in [-0.15, -0.1) is 0 Å². The number of ether oxygens (including phenoxy) is 1. The third-order valence-corrected chi connectivity index (χ3v) is 3.64. The van der Waals surface area contributed by atoms with Crippen molar-refractivity contribution in [2.24, 2.45) is 4.99 Å². The maximum Gasteiger partial charge on any atom is 0.213 e. The first-order valence-electron chi connectivity index (χ1n) is 8.53. The van der Waals surface area contributed by atoms with Gasteiger partial charge in [0.15, 0.2) is 5.96 Å². The van der Waals surface area contributed by atoms with Gasteiger partial charge >= 0.3 is 0 Å². The van der Waals surface area contributed by atoms with Gasteiger partial charge in [0.2, 0.25) is 5.89 Å². The number of nitrogens with one attached hydrogen (secondary N) is 2. The number of hydrogen-bond acceptors (Lipinski definition) is 4. The number of rotatable bonds is 6. The normalized spacial score (nSPS) is 12.1. The summed E-state index contributed by atoms with van der Waals surface area (Å²) in [6.45, 7) is 10.1. The van der Waals surface area contributed by atoms with Crippen LogP contribution in [-0.2, 0) is 18.5 Å². The lowest BCUT2D eigenvalue weighted by atomic mass is 9.94. The molecule has 1 heterocycles. The minimum atomic E-state index is -0.0479. The summed E-state index contributed by atoms with van der Waals surface area (Å²) in [5.74, 6) is 3.07. The number of hydrogen-bond donors (Lipinski definition) is 2. The van der Waals surface area contributed by atoms with Crippen molar-refractivity contribution >= 4 is 5.96 Å². The standard InChI is InChI=1S/C19H28N4O2/c1-6-20-18(22-11-14-9-7-8-10-15(14)24-5)23-13-17-21-12-16(25-17)19(2,3)4/h7-10,12H,6,11,13H2,1-5H3,(H2,20,22,23). The Kier molecular flexibility index (Phi) is 6.44. The van der Waals surface area contributed by atoms with Crippen LogP contribution >= 0.6 is 0 Å². The van der Waals surface area contributed by atoms with E-state index in [2.05, 4.69) is 41.4 Å². The number of nitrogens with zero attached hydrogens (tertiary/aromatic N) is 2. The van der Waals surface area contributed by atoms with Gasteiger partial charge in [-0.3, -0.25) is 0 Å². The molecular formula is C19H28N4O2. The topological polar surface area (TPSA) is 71.7 Å². The smallest absolute Gasteiger partial charge is 0.213 e. The summed E-state index contributed by atoms with van der Waals surface area (Å²) in [6, 6.07) is 7.88. The number of para-hydroxylation sites is 1. The van der Waals surface area contributed by atoms with Crippen molar-refractivity contribution in [2.45, 2.75) is 46.2 Å². The van der Waals surface area contributed by atoms with Gasteiger partial charge in [0.25, 0.3) is 0 Å². The van der Waals surface area contributed by atoms with Crippen molar-refractivity contribution < 1.29 is 9.15 Å². The van der Waals surface area contributed by atoms with E-state index in [0.717, 1.165) is 23.6 Å². The summed E-state index contributed by atoms with van der Waals surface area (Å²) in [7, 11) is 1.67. The zero-order valence-electron chi connectivity index (χ0n) is 15.7. The molecule has 0 saturated carbocycles. The summed E-state index contributed by atoms with van der Waals surface area (Å²) >= 11 is 0. The maximum atomic E-state index is 5.80. The van der Waals surface area contributed by atoms with Gasteiger partial charge < -0.3 is 19.8 Å². The lowest BCUT2D eigenvalue weighted by Crippen LogP contribution is -2.36. The van der Waals surface area contributed by atoms with Crippen LogP contribution in [0, 0.1) is 0 Å². The third-order valence-electron chi connectivity index (χ3n) is 3.64. The van der Waals surface area contributed by atoms with Crippen LogP contribution in [0.25, 0.3) is 0 Å². The minimum Gasteiger partial charge on any atom is -0.496 e. The van der Waals surface area contributed by atoms with Crippen LogP contribution in [0.3, 0.4) is 0 Å². The predicted octanol–water partition coefficient (Wildman–Crippen LogP) is 3.24. The second-order valence-electron chi connectivity index (χ2n) is 6.73. The highest BCUT2D eigenvalue weighted by atomic mass is 16.5. The largest absolute Gasteiger partial charge is 0.496 e. The van der Waals surface area contributed by atoms with Gasteiger partial charge in [0.1, 0.15) is 11.5 Å². The SMILES string of the molecule is CCNC(=NCc1ccccc1OC)NCc1ncc(C(C)(C)C)o1. The Morgan fingerprint density at radius 2 is 2.00 bits per heavy atom. The highest BCUT2D eigenvalue weighted by Gasteiger charge is 2.19. The lowest BCUT2D eigenvalue weighted by Gasteiger charge is -2.13. The summed E-state index contributed by atoms with van der Waals surface area (Å²) in [6.07, 6.45) is 1.79. The summed E-state index contributed by atoms with van der Waals surface area (Å²) < 4.78 is 11.2. The second kappa shape index (κ2) is 8.55. The Balaban J connectivity index is 2.01. The van der Waals surface area contributed by atoms with Gasteiger partial charge in [-0.25, -0.2) is 9.98 Å². The highest BCUT2D eigenvalue weighted by Crippen LogP contribution is 2.22. The summed E-state index contributed by atoms with van der Waals surface area (Å²) in [5, 5.41) is 6.48. The Bertz CT molecular complexity index is 701.